The van der Waals surface area contributed by atoms with Crippen molar-refractivity contribution in [1.82, 2.24) is 0 Å². The molecule has 1 atom stereocenters. The largest absolute Gasteiger partial charge is 0.317 e. The molecule has 1 aromatic carbocycles. The average molecular weight is 367 g/mol. The minimum Gasteiger partial charge on any atom is -0.317 e. The first-order valence-corrected chi connectivity index (χ1v) is 10.1. The van der Waals surface area contributed by atoms with Crippen molar-refractivity contribution in [2.75, 3.05) is 5.32 Å². The fourth-order valence-corrected chi connectivity index (χ4v) is 4.92. The number of nitrogens with one attached hydrogen (secondary N) is 1. The molecule has 0 spiro atoms. The first-order valence-electron chi connectivity index (χ1n) is 9.27. The topological polar surface area (TPSA) is 52.9 Å². The number of rotatable bonds is 4. The van der Waals surface area contributed by atoms with Crippen LogP contribution in [0.4, 0.5) is 5.00 Å². The highest BCUT2D eigenvalue weighted by Gasteiger charge is 2.32. The van der Waals surface area contributed by atoms with Crippen LogP contribution in [0.5, 0.6) is 0 Å². The van der Waals surface area contributed by atoms with Crippen molar-refractivity contribution in [3.05, 3.63) is 51.9 Å². The standard InChI is InChI=1S/C22H26N2OS/c1-22(2,3)16-10-11-17-18(14-23)21(26-19(17)13-16)24-20(25)12-9-15-7-5-4-6-8-15/h4-8,16H,9-13H2,1-3H3,(H,24,25). The van der Waals surface area contributed by atoms with Crippen LogP contribution in [0.15, 0.2) is 30.3 Å². The van der Waals surface area contributed by atoms with E-state index in [9.17, 15) is 10.1 Å². The summed E-state index contributed by atoms with van der Waals surface area (Å²) in [6.07, 6.45) is 4.21. The van der Waals surface area contributed by atoms with E-state index in [2.05, 4.69) is 32.2 Å². The van der Waals surface area contributed by atoms with Crippen LogP contribution in [-0.4, -0.2) is 5.91 Å². The Bertz CT molecular complexity index is 824. The second-order valence-electron chi connectivity index (χ2n) is 8.16. The molecule has 1 N–H and O–H groups in total. The van der Waals surface area contributed by atoms with Crippen LogP contribution in [-0.2, 0) is 24.1 Å². The van der Waals surface area contributed by atoms with E-state index < -0.39 is 0 Å². The van der Waals surface area contributed by atoms with E-state index in [4.69, 9.17) is 0 Å². The van der Waals surface area contributed by atoms with Gasteiger partial charge in [0.25, 0.3) is 0 Å². The molecule has 1 aliphatic carbocycles. The highest BCUT2D eigenvalue weighted by molar-refractivity contribution is 7.16. The Labute approximate surface area is 160 Å². The number of benzene rings is 1. The summed E-state index contributed by atoms with van der Waals surface area (Å²) in [5.41, 5.74) is 3.27. The molecule has 0 bridgehead atoms. The van der Waals surface area contributed by atoms with Gasteiger partial charge in [0.1, 0.15) is 11.1 Å². The molecule has 3 nitrogen and oxygen atoms in total. The summed E-state index contributed by atoms with van der Waals surface area (Å²) in [5, 5.41) is 13.4. The molecule has 1 heterocycles. The Morgan fingerprint density at radius 3 is 2.69 bits per heavy atom. The van der Waals surface area contributed by atoms with Gasteiger partial charge in [-0.3, -0.25) is 4.79 Å². The van der Waals surface area contributed by atoms with E-state index in [1.165, 1.54) is 4.88 Å². The number of aryl methyl sites for hydroxylation is 1. The van der Waals surface area contributed by atoms with E-state index in [0.29, 0.717) is 24.3 Å². The fourth-order valence-electron chi connectivity index (χ4n) is 3.62. The number of anilines is 1. The third-order valence-corrected chi connectivity index (χ3v) is 6.51. The Balaban J connectivity index is 1.70. The van der Waals surface area contributed by atoms with Gasteiger partial charge in [0.15, 0.2) is 0 Å². The number of thiophene rings is 1. The van der Waals surface area contributed by atoms with Gasteiger partial charge in [-0.2, -0.15) is 5.26 Å². The lowest BCUT2D eigenvalue weighted by atomic mass is 9.72. The van der Waals surface area contributed by atoms with Gasteiger partial charge in [-0.1, -0.05) is 51.1 Å². The van der Waals surface area contributed by atoms with Crippen molar-refractivity contribution in [3.8, 4) is 6.07 Å². The molecule has 26 heavy (non-hydrogen) atoms. The number of nitrogens with zero attached hydrogens (tertiary/aromatic N) is 1. The predicted molar refractivity (Wildman–Crippen MR) is 107 cm³/mol. The molecule has 0 saturated heterocycles. The van der Waals surface area contributed by atoms with Crippen molar-refractivity contribution in [2.24, 2.45) is 11.3 Å². The molecule has 0 saturated carbocycles. The van der Waals surface area contributed by atoms with Gasteiger partial charge >= 0.3 is 0 Å². The third kappa shape index (κ3) is 4.16. The summed E-state index contributed by atoms with van der Waals surface area (Å²) in [7, 11) is 0. The average Bonchev–Trinajstić information content (AvgIpc) is 2.96. The van der Waals surface area contributed by atoms with Crippen LogP contribution in [0.2, 0.25) is 0 Å². The number of amides is 1. The van der Waals surface area contributed by atoms with Crippen molar-refractivity contribution < 1.29 is 4.79 Å². The molecule has 1 aromatic heterocycles. The van der Waals surface area contributed by atoms with Gasteiger partial charge < -0.3 is 5.32 Å². The van der Waals surface area contributed by atoms with Gasteiger partial charge in [-0.25, -0.2) is 0 Å². The molecular formula is C22H26N2OS. The zero-order valence-corrected chi connectivity index (χ0v) is 16.6. The molecule has 136 valence electrons. The summed E-state index contributed by atoms with van der Waals surface area (Å²) in [6, 6.07) is 12.3. The van der Waals surface area contributed by atoms with Crippen LogP contribution in [0, 0.1) is 22.7 Å². The van der Waals surface area contributed by atoms with E-state index >= 15 is 0 Å². The smallest absolute Gasteiger partial charge is 0.225 e. The maximum Gasteiger partial charge on any atom is 0.225 e. The minimum atomic E-state index is -0.0173. The molecule has 0 radical (unpaired) electrons. The summed E-state index contributed by atoms with van der Waals surface area (Å²) in [6.45, 7) is 6.86. The fraction of sp³-hybridized carbons (Fsp3) is 0.455. The zero-order valence-electron chi connectivity index (χ0n) is 15.8. The van der Waals surface area contributed by atoms with Crippen molar-refractivity contribution in [3.63, 3.8) is 0 Å². The lowest BCUT2D eigenvalue weighted by molar-refractivity contribution is -0.116. The van der Waals surface area contributed by atoms with Crippen LogP contribution in [0.25, 0.3) is 0 Å². The first-order chi connectivity index (χ1) is 12.4. The monoisotopic (exact) mass is 366 g/mol. The molecule has 4 heteroatoms. The summed E-state index contributed by atoms with van der Waals surface area (Å²) >= 11 is 1.60. The highest BCUT2D eigenvalue weighted by atomic mass is 32.1. The lowest BCUT2D eigenvalue weighted by Crippen LogP contribution is -2.26. The Morgan fingerprint density at radius 2 is 2.04 bits per heavy atom. The number of nitriles is 1. The summed E-state index contributed by atoms with van der Waals surface area (Å²) < 4.78 is 0. The van der Waals surface area contributed by atoms with Crippen molar-refractivity contribution in [2.45, 2.75) is 52.9 Å². The van der Waals surface area contributed by atoms with E-state index in [-0.39, 0.29) is 11.3 Å². The van der Waals surface area contributed by atoms with Gasteiger partial charge in [-0.15, -0.1) is 11.3 Å². The number of hydrogen-bond donors (Lipinski definition) is 1. The van der Waals surface area contributed by atoms with Gasteiger partial charge in [0, 0.05) is 11.3 Å². The normalized spacial score (nSPS) is 16.6. The highest BCUT2D eigenvalue weighted by Crippen LogP contribution is 2.43. The summed E-state index contributed by atoms with van der Waals surface area (Å²) in [4.78, 5) is 13.7. The molecule has 0 aliphatic heterocycles. The maximum absolute atomic E-state index is 12.4. The number of fused-ring (bicyclic) bond motifs is 1. The van der Waals surface area contributed by atoms with Gasteiger partial charge in [0.05, 0.1) is 5.56 Å². The van der Waals surface area contributed by atoms with Crippen molar-refractivity contribution >= 4 is 22.2 Å². The van der Waals surface area contributed by atoms with Crippen LogP contribution >= 0.6 is 11.3 Å². The van der Waals surface area contributed by atoms with Gasteiger partial charge in [-0.05, 0) is 48.1 Å². The van der Waals surface area contributed by atoms with Crippen molar-refractivity contribution in [1.29, 1.82) is 5.26 Å². The quantitative estimate of drug-likeness (QED) is 0.794. The molecule has 2 aromatic rings. The van der Waals surface area contributed by atoms with Crippen LogP contribution in [0.1, 0.15) is 55.2 Å². The van der Waals surface area contributed by atoms with E-state index in [0.717, 1.165) is 35.4 Å². The Morgan fingerprint density at radius 1 is 1.31 bits per heavy atom. The van der Waals surface area contributed by atoms with Crippen LogP contribution < -0.4 is 5.32 Å². The minimum absolute atomic E-state index is 0.0173. The molecule has 0 fully saturated rings. The first kappa shape index (κ1) is 18.7. The molecule has 1 amide bonds. The Kier molecular flexibility index (Phi) is 5.48. The molecule has 1 aliphatic rings. The third-order valence-electron chi connectivity index (χ3n) is 5.34. The lowest BCUT2D eigenvalue weighted by Gasteiger charge is -2.33. The second-order valence-corrected chi connectivity index (χ2v) is 9.26. The zero-order chi connectivity index (χ0) is 18.7. The summed E-state index contributed by atoms with van der Waals surface area (Å²) in [5.74, 6) is 0.609. The predicted octanol–water partition coefficient (Wildman–Crippen LogP) is 5.34. The Hall–Kier alpha value is -2.12. The maximum atomic E-state index is 12.4. The van der Waals surface area contributed by atoms with Gasteiger partial charge in [0.2, 0.25) is 5.91 Å². The SMILES string of the molecule is CC(C)(C)C1CCc2c(sc(NC(=O)CCc3ccccc3)c2C#N)C1. The molecule has 1 unspecified atom stereocenters. The molecular weight excluding hydrogens is 340 g/mol. The number of hydrogen-bond acceptors (Lipinski definition) is 3. The second kappa shape index (κ2) is 7.63. The van der Waals surface area contributed by atoms with Crippen LogP contribution in [0.3, 0.4) is 0 Å². The van der Waals surface area contributed by atoms with E-state index in [1.807, 2.05) is 30.3 Å². The number of carbonyl (C=O) groups excluding carboxylic acids is 1. The van der Waals surface area contributed by atoms with E-state index in [1.54, 1.807) is 11.3 Å². The molecule has 3 rings (SSSR count). The number of carbonyl (C=O) groups is 1.